The molecule has 9 atom stereocenters. The van der Waals surface area contributed by atoms with Crippen molar-refractivity contribution in [2.24, 2.45) is 56.7 Å². The number of rotatable bonds is 9. The highest BCUT2D eigenvalue weighted by Crippen LogP contribution is 2.77. The van der Waals surface area contributed by atoms with Gasteiger partial charge in [0.2, 0.25) is 5.91 Å². The van der Waals surface area contributed by atoms with E-state index in [1.54, 1.807) is 36.4 Å². The summed E-state index contributed by atoms with van der Waals surface area (Å²) in [6, 6.07) is 14.2. The number of carboxylic acid groups (broad SMARTS) is 2. The van der Waals surface area contributed by atoms with E-state index in [0.717, 1.165) is 42.5 Å². The van der Waals surface area contributed by atoms with E-state index in [2.05, 4.69) is 64.8 Å². The van der Waals surface area contributed by atoms with Crippen LogP contribution in [-0.4, -0.2) is 41.1 Å². The summed E-state index contributed by atoms with van der Waals surface area (Å²) in [5, 5.41) is 25.4. The van der Waals surface area contributed by atoms with Gasteiger partial charge < -0.3 is 20.8 Å². The van der Waals surface area contributed by atoms with Crippen LogP contribution in [0.5, 0.6) is 0 Å². The quantitative estimate of drug-likeness (QED) is 0.151. The van der Waals surface area contributed by atoms with Crippen LogP contribution >= 0.6 is 0 Å². The molecule has 0 radical (unpaired) electrons. The molecule has 4 fully saturated rings. The van der Waals surface area contributed by atoms with Gasteiger partial charge in [0.25, 0.3) is 0 Å². The van der Waals surface area contributed by atoms with Crippen LogP contribution < -0.4 is 10.6 Å². The summed E-state index contributed by atoms with van der Waals surface area (Å²) in [5.41, 5.74) is 4.77. The zero-order valence-electron chi connectivity index (χ0n) is 32.7. The second-order valence-electron chi connectivity index (χ2n) is 18.8. The van der Waals surface area contributed by atoms with Crippen LogP contribution in [0.4, 0.5) is 5.69 Å². The van der Waals surface area contributed by atoms with Crippen molar-refractivity contribution in [1.29, 1.82) is 0 Å². The minimum atomic E-state index is -0.945. The fraction of sp³-hybridized carbons (Fsp3) is 0.587. The Morgan fingerprint density at radius 3 is 1.98 bits per heavy atom. The third kappa shape index (κ3) is 5.61. The third-order valence-electron chi connectivity index (χ3n) is 16.4. The van der Waals surface area contributed by atoms with Crippen LogP contribution in [0.15, 0.2) is 66.8 Å². The zero-order valence-corrected chi connectivity index (χ0v) is 32.7. The number of fused-ring (bicyclic) bond motifs is 7. The second-order valence-corrected chi connectivity index (χ2v) is 18.8. The standard InChI is InChI=1S/C46H60N2O5/c1-28(2)46(41(53)48-27-26-47-33-14-12-32(13-15-33)40(51)52)25-19-30-18-23-44(6)35(38(30)46)16-17-37-43(5)22-20-34(29-8-10-31(11-9-29)39(49)50)42(3,4)36(43)21-24-45(37,44)7/h8-15,20,30,35-38,47H,1,16-19,21-27H2,2-7H3,(H,48,53)(H,49,50)(H,51,52)/t30-,35+,36-,37+,38+,43-,44+,45+,46-/m0/s1. The Labute approximate surface area is 316 Å². The Bertz CT molecular complexity index is 1830. The number of carboxylic acids is 2. The van der Waals surface area contributed by atoms with E-state index in [1.807, 2.05) is 12.1 Å². The predicted octanol–water partition coefficient (Wildman–Crippen LogP) is 9.96. The molecule has 2 aromatic carbocycles. The topological polar surface area (TPSA) is 116 Å². The Kier molecular flexibility index (Phi) is 9.30. The predicted molar refractivity (Wildman–Crippen MR) is 211 cm³/mol. The van der Waals surface area contributed by atoms with Crippen LogP contribution in [-0.2, 0) is 4.79 Å². The van der Waals surface area contributed by atoms with Crippen molar-refractivity contribution < 1.29 is 24.6 Å². The highest BCUT2D eigenvalue weighted by Gasteiger charge is 2.70. The zero-order chi connectivity index (χ0) is 38.1. The number of anilines is 1. The molecule has 7 heteroatoms. The van der Waals surface area contributed by atoms with Gasteiger partial charge in [-0.1, -0.05) is 65.0 Å². The van der Waals surface area contributed by atoms with Gasteiger partial charge in [0.15, 0.2) is 0 Å². The molecule has 5 aliphatic carbocycles. The molecule has 0 aromatic heterocycles. The van der Waals surface area contributed by atoms with Crippen LogP contribution in [0.1, 0.15) is 126 Å². The number of carbonyl (C=O) groups excluding carboxylic acids is 1. The first-order valence-electron chi connectivity index (χ1n) is 20.1. The number of allylic oxidation sites excluding steroid dienone is 2. The maximum Gasteiger partial charge on any atom is 0.335 e. The number of hydrogen-bond acceptors (Lipinski definition) is 4. The molecule has 53 heavy (non-hydrogen) atoms. The monoisotopic (exact) mass is 720 g/mol. The summed E-state index contributed by atoms with van der Waals surface area (Å²) in [7, 11) is 0. The van der Waals surface area contributed by atoms with E-state index in [1.165, 1.54) is 37.7 Å². The van der Waals surface area contributed by atoms with Crippen LogP contribution in [0, 0.1) is 56.7 Å². The average molecular weight is 721 g/mol. The first kappa shape index (κ1) is 37.4. The van der Waals surface area contributed by atoms with Crippen molar-refractivity contribution >= 4 is 29.1 Å². The maximum atomic E-state index is 14.5. The summed E-state index contributed by atoms with van der Waals surface area (Å²) in [6.45, 7) is 20.4. The number of hydrogen-bond donors (Lipinski definition) is 4. The van der Waals surface area contributed by atoms with Gasteiger partial charge in [-0.3, -0.25) is 4.79 Å². The molecule has 0 heterocycles. The van der Waals surface area contributed by atoms with Gasteiger partial charge in [0.1, 0.15) is 0 Å². The molecule has 2 aromatic rings. The molecule has 4 N–H and O–H groups in total. The van der Waals surface area contributed by atoms with E-state index >= 15 is 0 Å². The average Bonchev–Trinajstić information content (AvgIpc) is 3.51. The summed E-state index contributed by atoms with van der Waals surface area (Å²) in [4.78, 5) is 37.3. The molecular weight excluding hydrogens is 661 g/mol. The lowest BCUT2D eigenvalue weighted by Crippen LogP contribution is -2.65. The van der Waals surface area contributed by atoms with Gasteiger partial charge in [-0.25, -0.2) is 9.59 Å². The molecule has 7 nitrogen and oxygen atoms in total. The van der Waals surface area contributed by atoms with Crippen LogP contribution in [0.25, 0.3) is 5.57 Å². The van der Waals surface area contributed by atoms with Crippen molar-refractivity contribution in [3.8, 4) is 0 Å². The summed E-state index contributed by atoms with van der Waals surface area (Å²) in [5.74, 6) is 0.717. The van der Waals surface area contributed by atoms with Crippen molar-refractivity contribution in [2.45, 2.75) is 99.3 Å². The molecule has 0 bridgehead atoms. The lowest BCUT2D eigenvalue weighted by atomic mass is 9.33. The molecule has 4 saturated carbocycles. The van der Waals surface area contributed by atoms with E-state index < -0.39 is 17.4 Å². The van der Waals surface area contributed by atoms with E-state index in [0.29, 0.717) is 48.2 Å². The Morgan fingerprint density at radius 1 is 0.755 bits per heavy atom. The van der Waals surface area contributed by atoms with Crippen molar-refractivity contribution in [3.05, 3.63) is 83.4 Å². The first-order valence-corrected chi connectivity index (χ1v) is 20.1. The Morgan fingerprint density at radius 2 is 1.36 bits per heavy atom. The highest BCUT2D eigenvalue weighted by molar-refractivity contribution is 5.89. The SMILES string of the molecule is C=C(C)[C@@]1(C(=O)NCCNc2ccc(C(=O)O)cc2)CC[C@@H]2CC[C@]3(C)[C@H](CC[C@@H]4[C@@]5(C)CC=C(c6ccc(C(=O)O)cc6)C(C)(C)[C@@H]5CC[C@]43C)[C@@H]21. The fourth-order valence-corrected chi connectivity index (χ4v) is 13.8. The Hall–Kier alpha value is -3.87. The van der Waals surface area contributed by atoms with Gasteiger partial charge in [-0.2, -0.15) is 0 Å². The van der Waals surface area contributed by atoms with Gasteiger partial charge >= 0.3 is 11.9 Å². The van der Waals surface area contributed by atoms with Gasteiger partial charge in [0.05, 0.1) is 16.5 Å². The number of nitrogens with one attached hydrogen (secondary N) is 2. The maximum absolute atomic E-state index is 14.5. The van der Waals surface area contributed by atoms with E-state index in [4.69, 9.17) is 0 Å². The molecule has 0 spiro atoms. The lowest BCUT2D eigenvalue weighted by molar-refractivity contribution is -0.219. The number of carbonyl (C=O) groups is 3. The molecule has 5 aliphatic rings. The normalized spacial score (nSPS) is 36.8. The number of amides is 1. The second kappa shape index (κ2) is 13.2. The Balaban J connectivity index is 1.12. The van der Waals surface area contributed by atoms with Crippen molar-refractivity contribution in [2.75, 3.05) is 18.4 Å². The first-order chi connectivity index (χ1) is 25.0. The minimum absolute atomic E-state index is 0.0378. The molecule has 0 aliphatic heterocycles. The number of benzene rings is 2. The third-order valence-corrected chi connectivity index (χ3v) is 16.4. The van der Waals surface area contributed by atoms with E-state index in [9.17, 15) is 24.6 Å². The van der Waals surface area contributed by atoms with Crippen LogP contribution in [0.3, 0.4) is 0 Å². The highest BCUT2D eigenvalue weighted by atomic mass is 16.4. The molecule has 0 saturated heterocycles. The van der Waals surface area contributed by atoms with E-state index in [-0.39, 0.29) is 33.1 Å². The van der Waals surface area contributed by atoms with Crippen molar-refractivity contribution in [3.63, 3.8) is 0 Å². The number of aromatic carboxylic acids is 2. The molecule has 1 amide bonds. The molecule has 0 unspecified atom stereocenters. The summed E-state index contributed by atoms with van der Waals surface area (Å²) < 4.78 is 0. The lowest BCUT2D eigenvalue weighted by Gasteiger charge is -2.72. The van der Waals surface area contributed by atoms with Gasteiger partial charge in [-0.05, 0) is 163 Å². The largest absolute Gasteiger partial charge is 0.478 e. The van der Waals surface area contributed by atoms with Crippen LogP contribution in [0.2, 0.25) is 0 Å². The summed E-state index contributed by atoms with van der Waals surface area (Å²) in [6.07, 6.45) is 12.6. The summed E-state index contributed by atoms with van der Waals surface area (Å²) >= 11 is 0. The van der Waals surface area contributed by atoms with Gasteiger partial charge in [0, 0.05) is 18.8 Å². The van der Waals surface area contributed by atoms with Gasteiger partial charge in [-0.15, -0.1) is 0 Å². The van der Waals surface area contributed by atoms with Crippen molar-refractivity contribution in [1.82, 2.24) is 5.32 Å². The minimum Gasteiger partial charge on any atom is -0.478 e. The fourth-order valence-electron chi connectivity index (χ4n) is 13.8. The smallest absolute Gasteiger partial charge is 0.335 e. The molecule has 284 valence electrons. The molecule has 7 rings (SSSR count). The molecular formula is C46H60N2O5.